The third kappa shape index (κ3) is 4.85. The van der Waals surface area contributed by atoms with Gasteiger partial charge in [0.15, 0.2) is 6.61 Å². The SMILES string of the molecule is COc1ccc(NC(=O)COC(=O)CCCN2C(=O)c3cccc4cccc(c34)C2=O)c([N+](=O)[O-])c1. The Morgan fingerprint density at radius 3 is 2.31 bits per heavy atom. The first kappa shape index (κ1) is 24.3. The third-order valence-electron chi connectivity index (χ3n) is 5.66. The molecule has 11 heteroatoms. The van der Waals surface area contributed by atoms with E-state index in [1.165, 1.54) is 19.2 Å². The first-order chi connectivity index (χ1) is 17.3. The predicted octanol–water partition coefficient (Wildman–Crippen LogP) is 3.31. The van der Waals surface area contributed by atoms with E-state index in [0.717, 1.165) is 16.4 Å². The molecule has 11 nitrogen and oxygen atoms in total. The molecule has 184 valence electrons. The second kappa shape index (κ2) is 10.2. The Morgan fingerprint density at radius 2 is 1.69 bits per heavy atom. The number of carbonyl (C=O) groups excluding carboxylic acids is 4. The second-order valence-electron chi connectivity index (χ2n) is 7.92. The highest BCUT2D eigenvalue weighted by Crippen LogP contribution is 2.30. The summed E-state index contributed by atoms with van der Waals surface area (Å²) in [5.74, 6) is -2.09. The lowest BCUT2D eigenvalue weighted by Crippen LogP contribution is -2.41. The molecule has 1 aliphatic rings. The molecule has 0 radical (unpaired) electrons. The molecule has 36 heavy (non-hydrogen) atoms. The predicted molar refractivity (Wildman–Crippen MR) is 128 cm³/mol. The first-order valence-electron chi connectivity index (χ1n) is 11.0. The van der Waals surface area contributed by atoms with Crippen LogP contribution >= 0.6 is 0 Å². The van der Waals surface area contributed by atoms with E-state index in [0.29, 0.717) is 16.5 Å². The van der Waals surface area contributed by atoms with Crippen molar-refractivity contribution in [3.8, 4) is 5.75 Å². The standard InChI is InChI=1S/C25H21N3O8/c1-35-16-10-11-19(20(13-16)28(33)34)26-21(29)14-36-22(30)9-4-12-27-24(31)17-7-2-5-15-6-3-8-18(23(15)17)25(27)32/h2-3,5-8,10-11,13H,4,9,12,14H2,1H3,(H,26,29). The molecule has 0 bridgehead atoms. The fraction of sp³-hybridized carbons (Fsp3) is 0.200. The van der Waals surface area contributed by atoms with E-state index in [1.807, 2.05) is 12.1 Å². The zero-order valence-electron chi connectivity index (χ0n) is 19.2. The molecule has 0 aliphatic carbocycles. The second-order valence-corrected chi connectivity index (χ2v) is 7.92. The summed E-state index contributed by atoms with van der Waals surface area (Å²) in [6.45, 7) is -0.652. The van der Waals surface area contributed by atoms with E-state index < -0.39 is 35.2 Å². The summed E-state index contributed by atoms with van der Waals surface area (Å²) in [6.07, 6.45) is -0.00109. The number of nitro benzene ring substituents is 1. The summed E-state index contributed by atoms with van der Waals surface area (Å²) in [6, 6.07) is 14.4. The van der Waals surface area contributed by atoms with Gasteiger partial charge in [0.25, 0.3) is 23.4 Å². The molecule has 0 atom stereocenters. The third-order valence-corrected chi connectivity index (χ3v) is 5.66. The molecule has 3 aromatic rings. The maximum Gasteiger partial charge on any atom is 0.306 e. The highest BCUT2D eigenvalue weighted by atomic mass is 16.6. The average molecular weight is 491 g/mol. The molecular weight excluding hydrogens is 470 g/mol. The lowest BCUT2D eigenvalue weighted by atomic mass is 9.94. The summed E-state index contributed by atoms with van der Waals surface area (Å²) in [7, 11) is 1.35. The molecular formula is C25H21N3O8. The number of hydrogen-bond acceptors (Lipinski definition) is 8. The van der Waals surface area contributed by atoms with Gasteiger partial charge >= 0.3 is 5.97 Å². The van der Waals surface area contributed by atoms with Gasteiger partial charge < -0.3 is 14.8 Å². The van der Waals surface area contributed by atoms with Crippen LogP contribution in [0.25, 0.3) is 10.8 Å². The number of rotatable bonds is 9. The number of nitrogens with zero attached hydrogens (tertiary/aromatic N) is 2. The summed E-state index contributed by atoms with van der Waals surface area (Å²) in [4.78, 5) is 61.6. The Balaban J connectivity index is 1.29. The normalized spacial score (nSPS) is 12.4. The van der Waals surface area contributed by atoms with Gasteiger partial charge in [0, 0.05) is 29.5 Å². The van der Waals surface area contributed by atoms with E-state index >= 15 is 0 Å². The molecule has 0 saturated heterocycles. The van der Waals surface area contributed by atoms with E-state index in [1.54, 1.807) is 24.3 Å². The van der Waals surface area contributed by atoms with Gasteiger partial charge in [0.2, 0.25) is 0 Å². The van der Waals surface area contributed by atoms with Gasteiger partial charge in [-0.1, -0.05) is 24.3 Å². The maximum atomic E-state index is 12.9. The minimum absolute atomic E-state index is 0.00171. The van der Waals surface area contributed by atoms with Crippen LogP contribution in [-0.2, 0) is 14.3 Å². The number of ether oxygens (including phenoxy) is 2. The van der Waals surface area contributed by atoms with Crippen molar-refractivity contribution in [1.29, 1.82) is 0 Å². The van der Waals surface area contributed by atoms with Gasteiger partial charge in [-0.3, -0.25) is 34.2 Å². The molecule has 4 rings (SSSR count). The van der Waals surface area contributed by atoms with Crippen LogP contribution in [0.1, 0.15) is 33.6 Å². The first-order valence-corrected chi connectivity index (χ1v) is 11.0. The lowest BCUT2D eigenvalue weighted by Gasteiger charge is -2.27. The summed E-state index contributed by atoms with van der Waals surface area (Å²) < 4.78 is 9.87. The Bertz CT molecular complexity index is 1350. The van der Waals surface area contributed by atoms with Crippen molar-refractivity contribution >= 4 is 45.8 Å². The molecule has 1 N–H and O–H groups in total. The largest absolute Gasteiger partial charge is 0.496 e. The highest BCUT2D eigenvalue weighted by molar-refractivity contribution is 6.25. The number of nitro groups is 1. The fourth-order valence-electron chi connectivity index (χ4n) is 3.96. The van der Waals surface area contributed by atoms with Crippen molar-refractivity contribution in [2.45, 2.75) is 12.8 Å². The van der Waals surface area contributed by atoms with Crippen LogP contribution in [0.2, 0.25) is 0 Å². The van der Waals surface area contributed by atoms with Gasteiger partial charge in [-0.2, -0.15) is 0 Å². The molecule has 0 aromatic heterocycles. The number of esters is 1. The fourth-order valence-corrected chi connectivity index (χ4v) is 3.96. The van der Waals surface area contributed by atoms with E-state index in [4.69, 9.17) is 9.47 Å². The topological polar surface area (TPSA) is 145 Å². The molecule has 3 amide bonds. The minimum atomic E-state index is -0.761. The highest BCUT2D eigenvalue weighted by Gasteiger charge is 2.32. The summed E-state index contributed by atoms with van der Waals surface area (Å²) in [5, 5.41) is 15.0. The number of methoxy groups -OCH3 is 1. The zero-order valence-corrected chi connectivity index (χ0v) is 19.2. The van der Waals surface area contributed by atoms with Crippen molar-refractivity contribution in [2.75, 3.05) is 25.6 Å². The maximum absolute atomic E-state index is 12.9. The van der Waals surface area contributed by atoms with Crippen LogP contribution in [0.5, 0.6) is 5.75 Å². The van der Waals surface area contributed by atoms with Gasteiger partial charge in [-0.15, -0.1) is 0 Å². The van der Waals surface area contributed by atoms with Crippen molar-refractivity contribution in [3.63, 3.8) is 0 Å². The van der Waals surface area contributed by atoms with Crippen LogP contribution < -0.4 is 10.1 Å². The molecule has 1 aliphatic heterocycles. The van der Waals surface area contributed by atoms with E-state index in [2.05, 4.69) is 5.32 Å². The molecule has 0 fully saturated rings. The number of amides is 3. The van der Waals surface area contributed by atoms with Crippen molar-refractivity contribution in [1.82, 2.24) is 4.90 Å². The molecule has 0 unspecified atom stereocenters. The molecule has 0 saturated carbocycles. The van der Waals surface area contributed by atoms with Crippen LogP contribution in [0.4, 0.5) is 11.4 Å². The minimum Gasteiger partial charge on any atom is -0.496 e. The Hall–Kier alpha value is -4.80. The van der Waals surface area contributed by atoms with Crippen LogP contribution in [0.15, 0.2) is 54.6 Å². The van der Waals surface area contributed by atoms with Crippen molar-refractivity contribution < 1.29 is 33.6 Å². The van der Waals surface area contributed by atoms with Gasteiger partial charge in [0.1, 0.15) is 11.4 Å². The van der Waals surface area contributed by atoms with Crippen molar-refractivity contribution in [2.24, 2.45) is 0 Å². The lowest BCUT2D eigenvalue weighted by molar-refractivity contribution is -0.384. The van der Waals surface area contributed by atoms with Crippen LogP contribution in [0, 0.1) is 10.1 Å². The smallest absolute Gasteiger partial charge is 0.306 e. The molecule has 0 spiro atoms. The van der Waals surface area contributed by atoms with Crippen LogP contribution in [-0.4, -0.2) is 53.8 Å². The number of imide groups is 1. The number of anilines is 1. The molecule has 1 heterocycles. The van der Waals surface area contributed by atoms with Gasteiger partial charge in [0.05, 0.1) is 18.1 Å². The summed E-state index contributed by atoms with van der Waals surface area (Å²) in [5.41, 5.74) is 0.408. The monoisotopic (exact) mass is 491 g/mol. The number of hydrogen-bond donors (Lipinski definition) is 1. The van der Waals surface area contributed by atoms with Crippen LogP contribution in [0.3, 0.4) is 0 Å². The Morgan fingerprint density at radius 1 is 1.03 bits per heavy atom. The van der Waals surface area contributed by atoms with Gasteiger partial charge in [-0.05, 0) is 36.1 Å². The Kier molecular flexibility index (Phi) is 6.91. The molecule has 3 aromatic carbocycles. The summed E-state index contributed by atoms with van der Waals surface area (Å²) >= 11 is 0. The van der Waals surface area contributed by atoms with Gasteiger partial charge in [-0.25, -0.2) is 0 Å². The quantitative estimate of drug-likeness (QED) is 0.208. The zero-order chi connectivity index (χ0) is 25.8. The Labute approximate surface area is 204 Å². The van der Waals surface area contributed by atoms with E-state index in [-0.39, 0.29) is 36.5 Å². The number of carbonyl (C=O) groups is 4. The van der Waals surface area contributed by atoms with Crippen molar-refractivity contribution in [3.05, 3.63) is 75.8 Å². The average Bonchev–Trinajstić information content (AvgIpc) is 2.88. The number of nitrogens with one attached hydrogen (secondary N) is 1. The number of benzene rings is 3. The van der Waals surface area contributed by atoms with E-state index in [9.17, 15) is 29.3 Å².